The molecular formula is C18H19ClF2N2O3. The molecule has 5 nitrogen and oxygen atoms in total. The zero-order chi connectivity index (χ0) is 19.3. The smallest absolute Gasteiger partial charge is 0.395 e. The molecule has 3 rings (SSSR count). The summed E-state index contributed by atoms with van der Waals surface area (Å²) in [6, 6.07) is 5.92. The fourth-order valence-electron chi connectivity index (χ4n) is 2.25. The summed E-state index contributed by atoms with van der Waals surface area (Å²) in [6.45, 7) is 5.90. The van der Waals surface area contributed by atoms with E-state index in [1.54, 1.807) is 12.1 Å². The number of nitrogens with one attached hydrogen (secondary N) is 1. The van der Waals surface area contributed by atoms with Gasteiger partial charge in [-0.3, -0.25) is 4.79 Å². The Kier molecular flexibility index (Phi) is 6.37. The van der Waals surface area contributed by atoms with Crippen molar-refractivity contribution in [1.29, 1.82) is 0 Å². The van der Waals surface area contributed by atoms with Gasteiger partial charge in [-0.1, -0.05) is 32.4 Å². The molecule has 1 aliphatic rings. The molecule has 0 aliphatic carbocycles. The summed E-state index contributed by atoms with van der Waals surface area (Å²) in [7, 11) is 0. The van der Waals surface area contributed by atoms with Crippen molar-refractivity contribution in [2.75, 3.05) is 5.32 Å². The third-order valence-electron chi connectivity index (χ3n) is 3.31. The number of hydrogen-bond acceptors (Lipinski definition) is 4. The largest absolute Gasteiger partial charge is 0.586 e. The van der Waals surface area contributed by atoms with Crippen LogP contribution in [0.15, 0.2) is 30.5 Å². The zero-order valence-electron chi connectivity index (χ0n) is 14.6. The van der Waals surface area contributed by atoms with Crippen LogP contribution in [0.2, 0.25) is 5.02 Å². The molecule has 1 N–H and O–H groups in total. The summed E-state index contributed by atoms with van der Waals surface area (Å²) in [5.74, 6) is 0.0616. The minimum atomic E-state index is -3.70. The second-order valence-corrected chi connectivity index (χ2v) is 5.58. The van der Waals surface area contributed by atoms with Gasteiger partial charge in [0.2, 0.25) is 5.91 Å². The Morgan fingerprint density at radius 2 is 1.88 bits per heavy atom. The molecule has 0 spiro atoms. The second-order valence-electron chi connectivity index (χ2n) is 5.18. The third kappa shape index (κ3) is 4.60. The van der Waals surface area contributed by atoms with E-state index >= 15 is 0 Å². The van der Waals surface area contributed by atoms with Gasteiger partial charge in [0.05, 0.1) is 5.02 Å². The van der Waals surface area contributed by atoms with Crippen LogP contribution in [-0.4, -0.2) is 17.2 Å². The van der Waals surface area contributed by atoms with Gasteiger partial charge in [0.1, 0.15) is 5.82 Å². The molecular weight excluding hydrogens is 366 g/mol. The Balaban J connectivity index is 0.00000117. The van der Waals surface area contributed by atoms with Crippen LogP contribution >= 0.6 is 11.6 Å². The fraction of sp³-hybridized carbons (Fsp3) is 0.333. The normalized spacial score (nSPS) is 13.6. The summed E-state index contributed by atoms with van der Waals surface area (Å²) in [5.41, 5.74) is 1.06. The number of rotatable bonds is 4. The van der Waals surface area contributed by atoms with Crippen LogP contribution in [0.1, 0.15) is 33.6 Å². The lowest BCUT2D eigenvalue weighted by atomic mass is 10.1. The monoisotopic (exact) mass is 384 g/mol. The summed E-state index contributed by atoms with van der Waals surface area (Å²) in [6.07, 6.45) is -1.06. The molecule has 0 fully saturated rings. The predicted molar refractivity (Wildman–Crippen MR) is 95.8 cm³/mol. The molecule has 1 aromatic carbocycles. The Hall–Kier alpha value is -2.41. The average Bonchev–Trinajstić information content (AvgIpc) is 2.90. The maximum atomic E-state index is 13.1. The second kappa shape index (κ2) is 8.31. The van der Waals surface area contributed by atoms with Gasteiger partial charge >= 0.3 is 6.29 Å². The number of amides is 1. The van der Waals surface area contributed by atoms with Crippen LogP contribution in [0.25, 0.3) is 11.1 Å². The third-order valence-corrected chi connectivity index (χ3v) is 3.62. The molecule has 0 radical (unpaired) electrons. The number of fused-ring (bicyclic) bond motifs is 1. The standard InChI is InChI=1S/C16H13ClF2N2O3.C2H6/c1-2-3-15(22)21-14-5-4-9(8-20-14)10-6-12-13(7-11(10)17)24-16(18,19)23-12;1-2/h4-8H,2-3H2,1H3,(H,20,21,22);1-2H3. The molecule has 8 heteroatoms. The van der Waals surface area contributed by atoms with Gasteiger partial charge < -0.3 is 14.8 Å². The average molecular weight is 385 g/mol. The van der Waals surface area contributed by atoms with Crippen LogP contribution in [-0.2, 0) is 4.79 Å². The number of halogens is 3. The highest BCUT2D eigenvalue weighted by molar-refractivity contribution is 6.33. The summed E-state index contributed by atoms with van der Waals surface area (Å²) < 4.78 is 35.0. The van der Waals surface area contributed by atoms with Gasteiger partial charge in [0.25, 0.3) is 0 Å². The molecule has 1 amide bonds. The van der Waals surface area contributed by atoms with Crippen molar-refractivity contribution in [3.8, 4) is 22.6 Å². The van der Waals surface area contributed by atoms with Crippen LogP contribution in [0, 0.1) is 0 Å². The van der Waals surface area contributed by atoms with E-state index in [-0.39, 0.29) is 22.4 Å². The zero-order valence-corrected chi connectivity index (χ0v) is 15.4. The van der Waals surface area contributed by atoms with Crippen molar-refractivity contribution in [3.05, 3.63) is 35.5 Å². The predicted octanol–water partition coefficient (Wildman–Crippen LogP) is 5.49. The van der Waals surface area contributed by atoms with Crippen LogP contribution in [0.5, 0.6) is 11.5 Å². The minimum absolute atomic E-state index is 0.0975. The van der Waals surface area contributed by atoms with Crippen molar-refractivity contribution in [3.63, 3.8) is 0 Å². The first-order valence-electron chi connectivity index (χ1n) is 8.23. The number of nitrogens with zero attached hydrogens (tertiary/aromatic N) is 1. The first-order valence-corrected chi connectivity index (χ1v) is 8.61. The van der Waals surface area contributed by atoms with E-state index in [0.717, 1.165) is 6.42 Å². The van der Waals surface area contributed by atoms with Crippen molar-refractivity contribution in [2.45, 2.75) is 39.9 Å². The lowest BCUT2D eigenvalue weighted by Crippen LogP contribution is -2.25. The van der Waals surface area contributed by atoms with Crippen LogP contribution in [0.4, 0.5) is 14.6 Å². The van der Waals surface area contributed by atoms with Gasteiger partial charge in [-0.25, -0.2) is 4.98 Å². The highest BCUT2D eigenvalue weighted by Crippen LogP contribution is 2.45. The van der Waals surface area contributed by atoms with Crippen molar-refractivity contribution >= 4 is 23.3 Å². The van der Waals surface area contributed by atoms with Gasteiger partial charge in [-0.2, -0.15) is 0 Å². The van der Waals surface area contributed by atoms with Gasteiger partial charge in [0, 0.05) is 29.8 Å². The molecule has 0 saturated heterocycles. The molecule has 0 saturated carbocycles. The minimum Gasteiger partial charge on any atom is -0.395 e. The number of anilines is 1. The Labute approximate surface area is 155 Å². The first-order chi connectivity index (χ1) is 12.4. The van der Waals surface area contributed by atoms with Crippen LogP contribution < -0.4 is 14.8 Å². The molecule has 1 aliphatic heterocycles. The molecule has 0 atom stereocenters. The molecule has 1 aromatic heterocycles. The molecule has 26 heavy (non-hydrogen) atoms. The number of aromatic nitrogens is 1. The Morgan fingerprint density at radius 1 is 1.23 bits per heavy atom. The first kappa shape index (κ1) is 19.9. The number of carbonyl (C=O) groups excluding carboxylic acids is 1. The maximum absolute atomic E-state index is 13.1. The molecule has 2 heterocycles. The number of pyridine rings is 1. The summed E-state index contributed by atoms with van der Waals surface area (Å²) in [4.78, 5) is 15.7. The summed E-state index contributed by atoms with van der Waals surface area (Å²) in [5, 5.41) is 2.88. The van der Waals surface area contributed by atoms with E-state index in [9.17, 15) is 13.6 Å². The number of hydrogen-bond donors (Lipinski definition) is 1. The highest BCUT2D eigenvalue weighted by atomic mass is 35.5. The SMILES string of the molecule is CC.CCCC(=O)Nc1ccc(-c2cc3c(cc2Cl)OC(F)(F)O3)cn1. The number of benzene rings is 1. The molecule has 0 bridgehead atoms. The lowest BCUT2D eigenvalue weighted by Gasteiger charge is -2.08. The maximum Gasteiger partial charge on any atom is 0.586 e. The van der Waals surface area contributed by atoms with E-state index in [2.05, 4.69) is 19.8 Å². The number of carbonyl (C=O) groups is 1. The summed E-state index contributed by atoms with van der Waals surface area (Å²) >= 11 is 6.12. The van der Waals surface area contributed by atoms with Gasteiger partial charge in [-0.15, -0.1) is 8.78 Å². The Morgan fingerprint density at radius 3 is 2.46 bits per heavy atom. The highest BCUT2D eigenvalue weighted by Gasteiger charge is 2.43. The topological polar surface area (TPSA) is 60.5 Å². The van der Waals surface area contributed by atoms with E-state index in [1.807, 2.05) is 20.8 Å². The van der Waals surface area contributed by atoms with Crippen molar-refractivity contribution in [2.24, 2.45) is 0 Å². The van der Waals surface area contributed by atoms with E-state index in [4.69, 9.17) is 11.6 Å². The van der Waals surface area contributed by atoms with Crippen molar-refractivity contribution in [1.82, 2.24) is 4.98 Å². The quantitative estimate of drug-likeness (QED) is 0.757. The van der Waals surface area contributed by atoms with Gasteiger partial charge in [0.15, 0.2) is 11.5 Å². The molecule has 0 unspecified atom stereocenters. The van der Waals surface area contributed by atoms with Gasteiger partial charge in [-0.05, 0) is 24.6 Å². The fourth-order valence-corrected chi connectivity index (χ4v) is 2.52. The molecule has 2 aromatic rings. The van der Waals surface area contributed by atoms with E-state index in [0.29, 0.717) is 23.4 Å². The van der Waals surface area contributed by atoms with Crippen LogP contribution in [0.3, 0.4) is 0 Å². The number of ether oxygens (including phenoxy) is 2. The number of alkyl halides is 2. The van der Waals surface area contributed by atoms with Crippen molar-refractivity contribution < 1.29 is 23.0 Å². The van der Waals surface area contributed by atoms with E-state index in [1.165, 1.54) is 18.3 Å². The van der Waals surface area contributed by atoms with E-state index < -0.39 is 6.29 Å². The lowest BCUT2D eigenvalue weighted by molar-refractivity contribution is -0.286. The molecule has 140 valence electrons. The Bertz CT molecular complexity index is 783.